The summed E-state index contributed by atoms with van der Waals surface area (Å²) in [5.41, 5.74) is 1.24. The summed E-state index contributed by atoms with van der Waals surface area (Å²) in [6, 6.07) is 2.16. The average molecular weight is 328 g/mol. The minimum absolute atomic E-state index is 1.01. The van der Waals surface area contributed by atoms with Crippen molar-refractivity contribution in [2.24, 2.45) is 0 Å². The monoisotopic (exact) mass is 327 g/mol. The second kappa shape index (κ2) is 8.54. The molecule has 0 aliphatic carbocycles. The summed E-state index contributed by atoms with van der Waals surface area (Å²) in [5, 5.41) is 0. The molecule has 3 nitrogen and oxygen atoms in total. The number of anilines is 1. The molecule has 1 aromatic heterocycles. The zero-order valence-electron chi connectivity index (χ0n) is 12.6. The van der Waals surface area contributed by atoms with Crippen LogP contribution in [0.4, 0.5) is 5.82 Å². The van der Waals surface area contributed by atoms with Crippen LogP contribution in [0.3, 0.4) is 0 Å². The van der Waals surface area contributed by atoms with Crippen molar-refractivity contribution >= 4 is 21.7 Å². The van der Waals surface area contributed by atoms with Crippen LogP contribution in [0.2, 0.25) is 0 Å². The molecule has 0 saturated carbocycles. The highest BCUT2D eigenvalue weighted by Gasteiger charge is 2.08. The average Bonchev–Trinajstić information content (AvgIpc) is 2.42. The van der Waals surface area contributed by atoms with Gasteiger partial charge in [0, 0.05) is 23.8 Å². The molecule has 1 heterocycles. The van der Waals surface area contributed by atoms with Gasteiger partial charge in [0.1, 0.15) is 5.82 Å². The van der Waals surface area contributed by atoms with E-state index in [1.165, 1.54) is 18.5 Å². The first-order valence-corrected chi connectivity index (χ1v) is 8.01. The Morgan fingerprint density at radius 3 is 2.32 bits per heavy atom. The van der Waals surface area contributed by atoms with E-state index in [1.807, 2.05) is 6.20 Å². The first-order chi connectivity index (χ1) is 9.12. The van der Waals surface area contributed by atoms with E-state index in [4.69, 9.17) is 0 Å². The maximum Gasteiger partial charge on any atom is 0.128 e. The topological polar surface area (TPSA) is 19.4 Å². The van der Waals surface area contributed by atoms with Crippen LogP contribution in [0.5, 0.6) is 0 Å². The van der Waals surface area contributed by atoms with Gasteiger partial charge in [-0.25, -0.2) is 4.98 Å². The van der Waals surface area contributed by atoms with Crippen molar-refractivity contribution in [2.45, 2.75) is 34.1 Å². The Balaban J connectivity index is 2.55. The fourth-order valence-corrected chi connectivity index (χ4v) is 2.37. The summed E-state index contributed by atoms with van der Waals surface area (Å²) in [5.74, 6) is 1.09. The molecule has 4 heteroatoms. The molecule has 0 atom stereocenters. The highest BCUT2D eigenvalue weighted by atomic mass is 79.9. The zero-order valence-corrected chi connectivity index (χ0v) is 14.2. The summed E-state index contributed by atoms with van der Waals surface area (Å²) >= 11 is 3.50. The number of aryl methyl sites for hydroxylation is 1. The lowest BCUT2D eigenvalue weighted by Gasteiger charge is -2.24. The van der Waals surface area contributed by atoms with Crippen molar-refractivity contribution in [3.8, 4) is 0 Å². The summed E-state index contributed by atoms with van der Waals surface area (Å²) in [4.78, 5) is 9.33. The molecule has 0 radical (unpaired) electrons. The molecule has 1 aromatic rings. The molecule has 0 amide bonds. The predicted octanol–water partition coefficient (Wildman–Crippen LogP) is 3.71. The van der Waals surface area contributed by atoms with E-state index in [0.717, 1.165) is 36.5 Å². The number of nitrogens with zero attached hydrogens (tertiary/aromatic N) is 3. The van der Waals surface area contributed by atoms with Gasteiger partial charge >= 0.3 is 0 Å². The lowest BCUT2D eigenvalue weighted by atomic mass is 10.2. The van der Waals surface area contributed by atoms with E-state index in [9.17, 15) is 0 Å². The Labute approximate surface area is 126 Å². The molecule has 0 aliphatic rings. The Hall–Kier alpha value is -0.610. The Morgan fingerprint density at radius 1 is 1.11 bits per heavy atom. The van der Waals surface area contributed by atoms with E-state index in [-0.39, 0.29) is 0 Å². The van der Waals surface area contributed by atoms with Crippen LogP contribution in [0.25, 0.3) is 0 Å². The largest absolute Gasteiger partial charge is 0.357 e. The van der Waals surface area contributed by atoms with Crippen molar-refractivity contribution in [1.82, 2.24) is 9.88 Å². The molecular formula is C15H26BrN3. The van der Waals surface area contributed by atoms with Crippen molar-refractivity contribution in [3.63, 3.8) is 0 Å². The van der Waals surface area contributed by atoms with E-state index < -0.39 is 0 Å². The second-order valence-electron chi connectivity index (χ2n) is 4.75. The highest BCUT2D eigenvalue weighted by Crippen LogP contribution is 2.20. The highest BCUT2D eigenvalue weighted by molar-refractivity contribution is 9.10. The van der Waals surface area contributed by atoms with Crippen LogP contribution in [0, 0.1) is 6.92 Å². The van der Waals surface area contributed by atoms with Gasteiger partial charge in [-0.3, -0.25) is 0 Å². The van der Waals surface area contributed by atoms with Crippen LogP contribution in [0.15, 0.2) is 16.7 Å². The predicted molar refractivity (Wildman–Crippen MR) is 87.0 cm³/mol. The number of hydrogen-bond acceptors (Lipinski definition) is 3. The van der Waals surface area contributed by atoms with Crippen LogP contribution < -0.4 is 4.90 Å². The van der Waals surface area contributed by atoms with Gasteiger partial charge in [0.05, 0.1) is 0 Å². The second-order valence-corrected chi connectivity index (χ2v) is 5.61. The van der Waals surface area contributed by atoms with Crippen molar-refractivity contribution in [2.75, 3.05) is 37.6 Å². The molecule has 0 fully saturated rings. The fraction of sp³-hybridized carbons (Fsp3) is 0.667. The smallest absolute Gasteiger partial charge is 0.128 e. The van der Waals surface area contributed by atoms with Crippen LogP contribution in [-0.2, 0) is 0 Å². The maximum atomic E-state index is 4.51. The minimum atomic E-state index is 1.01. The number of aromatic nitrogens is 1. The van der Waals surface area contributed by atoms with Gasteiger partial charge in [0.2, 0.25) is 0 Å². The third kappa shape index (κ3) is 5.11. The van der Waals surface area contributed by atoms with Gasteiger partial charge in [-0.15, -0.1) is 0 Å². The van der Waals surface area contributed by atoms with Crippen LogP contribution >= 0.6 is 15.9 Å². The SMILES string of the molecule is CCN(CC)CCCN(CC)c1cc(C)c(Br)cn1. The van der Waals surface area contributed by atoms with Gasteiger partial charge in [-0.05, 0) is 67.5 Å². The summed E-state index contributed by atoms with van der Waals surface area (Å²) in [6.45, 7) is 14.3. The third-order valence-corrected chi connectivity index (χ3v) is 4.37. The summed E-state index contributed by atoms with van der Waals surface area (Å²) < 4.78 is 1.08. The minimum Gasteiger partial charge on any atom is -0.357 e. The van der Waals surface area contributed by atoms with Crippen molar-refractivity contribution < 1.29 is 0 Å². The molecule has 0 aliphatic heterocycles. The molecule has 0 aromatic carbocycles. The van der Waals surface area contributed by atoms with E-state index in [2.05, 4.69) is 64.5 Å². The fourth-order valence-electron chi connectivity index (χ4n) is 2.16. The number of rotatable bonds is 8. The molecule has 0 bridgehead atoms. The van der Waals surface area contributed by atoms with Gasteiger partial charge in [-0.1, -0.05) is 13.8 Å². The van der Waals surface area contributed by atoms with Gasteiger partial charge in [0.15, 0.2) is 0 Å². The Morgan fingerprint density at radius 2 is 1.79 bits per heavy atom. The van der Waals surface area contributed by atoms with E-state index >= 15 is 0 Å². The van der Waals surface area contributed by atoms with Crippen LogP contribution in [-0.4, -0.2) is 42.6 Å². The third-order valence-electron chi connectivity index (χ3n) is 3.54. The Kier molecular flexibility index (Phi) is 7.39. The van der Waals surface area contributed by atoms with Crippen molar-refractivity contribution in [1.29, 1.82) is 0 Å². The Bertz CT molecular complexity index is 378. The molecule has 0 spiro atoms. The maximum absolute atomic E-state index is 4.51. The molecule has 0 N–H and O–H groups in total. The molecule has 19 heavy (non-hydrogen) atoms. The first-order valence-electron chi connectivity index (χ1n) is 7.21. The summed E-state index contributed by atoms with van der Waals surface area (Å²) in [6.07, 6.45) is 3.09. The van der Waals surface area contributed by atoms with Gasteiger partial charge < -0.3 is 9.80 Å². The molecule has 1 rings (SSSR count). The molecule has 0 unspecified atom stereocenters. The summed E-state index contributed by atoms with van der Waals surface area (Å²) in [7, 11) is 0. The van der Waals surface area contributed by atoms with Crippen molar-refractivity contribution in [3.05, 3.63) is 22.3 Å². The van der Waals surface area contributed by atoms with Crippen LogP contribution in [0.1, 0.15) is 32.8 Å². The number of pyridine rings is 1. The van der Waals surface area contributed by atoms with E-state index in [0.29, 0.717) is 0 Å². The molecule has 0 saturated heterocycles. The quantitative estimate of drug-likeness (QED) is 0.725. The molecule has 108 valence electrons. The van der Waals surface area contributed by atoms with Gasteiger partial charge in [0.25, 0.3) is 0 Å². The lowest BCUT2D eigenvalue weighted by molar-refractivity contribution is 0.300. The van der Waals surface area contributed by atoms with E-state index in [1.54, 1.807) is 0 Å². The lowest BCUT2D eigenvalue weighted by Crippen LogP contribution is -2.30. The normalized spacial score (nSPS) is 11.1. The number of halogens is 1. The van der Waals surface area contributed by atoms with Gasteiger partial charge in [-0.2, -0.15) is 0 Å². The number of hydrogen-bond donors (Lipinski definition) is 0. The molecular weight excluding hydrogens is 302 g/mol. The standard InChI is InChI=1S/C15H26BrN3/c1-5-18(6-2)9-8-10-19(7-3)15-11-13(4)14(16)12-17-15/h11-12H,5-10H2,1-4H3. The first kappa shape index (κ1) is 16.4. The zero-order chi connectivity index (χ0) is 14.3.